The maximum absolute atomic E-state index is 12.6. The summed E-state index contributed by atoms with van der Waals surface area (Å²) >= 11 is 0. The van der Waals surface area contributed by atoms with E-state index in [1.54, 1.807) is 4.57 Å². The molecule has 0 radical (unpaired) electrons. The van der Waals surface area contributed by atoms with Crippen LogP contribution >= 0.6 is 0 Å². The molecule has 6 heteroatoms. The molecule has 0 saturated carbocycles. The van der Waals surface area contributed by atoms with Gasteiger partial charge >= 0.3 is 11.1 Å². The number of benzene rings is 2. The van der Waals surface area contributed by atoms with Crippen LogP contribution in [0, 0.1) is 0 Å². The van der Waals surface area contributed by atoms with Crippen LogP contribution in [0.2, 0.25) is 0 Å². The van der Waals surface area contributed by atoms with Crippen molar-refractivity contribution < 1.29 is 4.74 Å². The lowest BCUT2D eigenvalue weighted by Gasteiger charge is -2.36. The van der Waals surface area contributed by atoms with Crippen molar-refractivity contribution in [1.82, 2.24) is 14.5 Å². The fourth-order valence-corrected chi connectivity index (χ4v) is 5.73. The van der Waals surface area contributed by atoms with Gasteiger partial charge in [-0.1, -0.05) is 30.3 Å². The largest absolute Gasteiger partial charge is 0.493 e. The van der Waals surface area contributed by atoms with Gasteiger partial charge in [0.05, 0.1) is 17.6 Å². The highest BCUT2D eigenvalue weighted by atomic mass is 16.5. The van der Waals surface area contributed by atoms with E-state index < -0.39 is 11.1 Å². The minimum absolute atomic E-state index is 0.0988. The molecular weight excluding hydrogens is 378 g/mol. The first-order valence-electron chi connectivity index (χ1n) is 10.9. The number of ether oxygens (including phenoxy) is 1. The Labute approximate surface area is 174 Å². The molecular formula is C24H25N3O3. The van der Waals surface area contributed by atoms with Crippen LogP contribution in [0.5, 0.6) is 5.75 Å². The zero-order chi connectivity index (χ0) is 20.2. The molecule has 3 aliphatic rings. The molecule has 0 unspecified atom stereocenters. The number of aromatic amines is 1. The lowest BCUT2D eigenvalue weighted by molar-refractivity contribution is 0.168. The van der Waals surface area contributed by atoms with Gasteiger partial charge in [-0.2, -0.15) is 0 Å². The highest BCUT2D eigenvalue weighted by Gasteiger charge is 2.39. The second kappa shape index (κ2) is 6.84. The molecule has 1 saturated heterocycles. The molecule has 154 valence electrons. The average molecular weight is 403 g/mol. The zero-order valence-electron chi connectivity index (χ0n) is 16.9. The molecule has 3 aliphatic heterocycles. The summed E-state index contributed by atoms with van der Waals surface area (Å²) in [5.41, 5.74) is 4.64. The van der Waals surface area contributed by atoms with Crippen molar-refractivity contribution in [3.8, 4) is 5.75 Å². The fourth-order valence-electron chi connectivity index (χ4n) is 5.73. The number of aryl methyl sites for hydroxylation is 1. The molecule has 3 aromatic rings. The number of rotatable bonds is 4. The van der Waals surface area contributed by atoms with Crippen molar-refractivity contribution in [2.75, 3.05) is 26.2 Å². The summed E-state index contributed by atoms with van der Waals surface area (Å²) in [5, 5.41) is 0. The van der Waals surface area contributed by atoms with Crippen molar-refractivity contribution in [1.29, 1.82) is 0 Å². The standard InChI is InChI=1S/C24H25N3O3/c28-23-24(29)27-20-9-12-26(14-18(20)17-7-2-8-19(25-23)21(17)27)11-3-6-15-4-1-5-16-10-13-30-22(15)16/h1-2,4-5,7-8,18,20H,3,6,9-14H2,(H,25,28)/t18-,20-/m0/s1. The van der Waals surface area contributed by atoms with Crippen molar-refractivity contribution in [2.45, 2.75) is 37.6 Å². The second-order valence-corrected chi connectivity index (χ2v) is 8.74. The van der Waals surface area contributed by atoms with E-state index in [1.165, 1.54) is 16.7 Å². The van der Waals surface area contributed by atoms with Gasteiger partial charge in [0.25, 0.3) is 0 Å². The molecule has 1 aromatic heterocycles. The van der Waals surface area contributed by atoms with E-state index in [2.05, 4.69) is 34.1 Å². The summed E-state index contributed by atoms with van der Waals surface area (Å²) in [6, 6.07) is 12.6. The number of fused-ring (bicyclic) bond motifs is 4. The normalized spacial score (nSPS) is 22.1. The Kier molecular flexibility index (Phi) is 4.09. The average Bonchev–Trinajstić information content (AvgIpc) is 3.36. The quantitative estimate of drug-likeness (QED) is 0.680. The number of hydrogen-bond acceptors (Lipinski definition) is 4. The molecule has 4 heterocycles. The van der Waals surface area contributed by atoms with Gasteiger partial charge in [0, 0.05) is 31.5 Å². The smallest absolute Gasteiger partial charge is 0.317 e. The van der Waals surface area contributed by atoms with E-state index >= 15 is 0 Å². The summed E-state index contributed by atoms with van der Waals surface area (Å²) in [5.74, 6) is 1.38. The Morgan fingerprint density at radius 2 is 2.03 bits per heavy atom. The van der Waals surface area contributed by atoms with E-state index in [9.17, 15) is 9.59 Å². The van der Waals surface area contributed by atoms with Gasteiger partial charge < -0.3 is 14.6 Å². The van der Waals surface area contributed by atoms with Crippen LogP contribution in [0.15, 0.2) is 46.0 Å². The molecule has 2 aromatic carbocycles. The SMILES string of the molecule is O=c1[nH]c2cccc3c2n(c1=O)[C@H]1CCN(CCCc2cccc4c2OCC4)C[C@@H]31. The third-order valence-corrected chi connectivity index (χ3v) is 7.08. The number of likely N-dealkylation sites (tertiary alicyclic amines) is 1. The van der Waals surface area contributed by atoms with Gasteiger partial charge in [-0.25, -0.2) is 0 Å². The molecule has 0 bridgehead atoms. The van der Waals surface area contributed by atoms with E-state index in [0.717, 1.165) is 68.7 Å². The Balaban J connectivity index is 1.20. The molecule has 30 heavy (non-hydrogen) atoms. The summed E-state index contributed by atoms with van der Waals surface area (Å²) in [4.78, 5) is 30.0. The third kappa shape index (κ3) is 2.67. The van der Waals surface area contributed by atoms with Crippen LogP contribution < -0.4 is 15.9 Å². The summed E-state index contributed by atoms with van der Waals surface area (Å²) in [7, 11) is 0. The number of para-hydroxylation sites is 2. The van der Waals surface area contributed by atoms with E-state index in [1.807, 2.05) is 12.1 Å². The van der Waals surface area contributed by atoms with E-state index in [4.69, 9.17) is 4.74 Å². The van der Waals surface area contributed by atoms with Crippen LogP contribution in [0.1, 0.15) is 41.5 Å². The number of hydrogen-bond donors (Lipinski definition) is 1. The van der Waals surface area contributed by atoms with Crippen LogP contribution in [-0.4, -0.2) is 40.7 Å². The molecule has 0 aliphatic carbocycles. The van der Waals surface area contributed by atoms with Gasteiger partial charge in [-0.05, 0) is 48.6 Å². The number of piperidine rings is 1. The van der Waals surface area contributed by atoms with Gasteiger partial charge in [0.2, 0.25) is 0 Å². The van der Waals surface area contributed by atoms with Crippen molar-refractivity contribution in [3.63, 3.8) is 0 Å². The monoisotopic (exact) mass is 403 g/mol. The van der Waals surface area contributed by atoms with E-state index in [-0.39, 0.29) is 12.0 Å². The number of H-pyrrole nitrogens is 1. The van der Waals surface area contributed by atoms with Gasteiger partial charge in [-0.15, -0.1) is 0 Å². The van der Waals surface area contributed by atoms with Crippen molar-refractivity contribution in [2.24, 2.45) is 0 Å². The van der Waals surface area contributed by atoms with E-state index in [0.29, 0.717) is 0 Å². The molecule has 6 rings (SSSR count). The molecule has 1 fully saturated rings. The Bertz CT molecular complexity index is 1260. The summed E-state index contributed by atoms with van der Waals surface area (Å²) in [6.07, 6.45) is 4.04. The van der Waals surface area contributed by atoms with Gasteiger partial charge in [0.1, 0.15) is 5.75 Å². The van der Waals surface area contributed by atoms with Crippen LogP contribution in [0.25, 0.3) is 11.0 Å². The highest BCUT2D eigenvalue weighted by Crippen LogP contribution is 2.44. The predicted molar refractivity (Wildman–Crippen MR) is 116 cm³/mol. The lowest BCUT2D eigenvalue weighted by Crippen LogP contribution is -2.43. The molecule has 1 N–H and O–H groups in total. The molecule has 0 spiro atoms. The first kappa shape index (κ1) is 18.0. The second-order valence-electron chi connectivity index (χ2n) is 8.74. The Morgan fingerprint density at radius 3 is 2.97 bits per heavy atom. The van der Waals surface area contributed by atoms with Crippen molar-refractivity contribution in [3.05, 3.63) is 73.8 Å². The minimum Gasteiger partial charge on any atom is -0.493 e. The number of nitrogens with zero attached hydrogens (tertiary/aromatic N) is 2. The topological polar surface area (TPSA) is 67.3 Å². The third-order valence-electron chi connectivity index (χ3n) is 7.08. The molecule has 2 atom stereocenters. The first-order valence-corrected chi connectivity index (χ1v) is 10.9. The van der Waals surface area contributed by atoms with Gasteiger partial charge in [0.15, 0.2) is 0 Å². The number of nitrogens with one attached hydrogen (secondary N) is 1. The molecule has 6 nitrogen and oxygen atoms in total. The predicted octanol–water partition coefficient (Wildman–Crippen LogP) is 2.60. The number of aromatic nitrogens is 2. The van der Waals surface area contributed by atoms with Crippen LogP contribution in [0.3, 0.4) is 0 Å². The van der Waals surface area contributed by atoms with Crippen LogP contribution in [0.4, 0.5) is 0 Å². The lowest BCUT2D eigenvalue weighted by atomic mass is 9.88. The summed E-state index contributed by atoms with van der Waals surface area (Å²) in [6.45, 7) is 3.73. The maximum Gasteiger partial charge on any atom is 0.317 e. The Hall–Kier alpha value is -2.86. The van der Waals surface area contributed by atoms with Gasteiger partial charge in [-0.3, -0.25) is 14.2 Å². The molecule has 0 amide bonds. The van der Waals surface area contributed by atoms with Crippen molar-refractivity contribution >= 4 is 11.0 Å². The van der Waals surface area contributed by atoms with Crippen LogP contribution in [-0.2, 0) is 12.8 Å². The summed E-state index contributed by atoms with van der Waals surface area (Å²) < 4.78 is 7.62. The first-order chi connectivity index (χ1) is 14.7. The minimum atomic E-state index is -0.514. The Morgan fingerprint density at radius 1 is 1.13 bits per heavy atom. The maximum atomic E-state index is 12.6. The zero-order valence-corrected chi connectivity index (χ0v) is 16.9. The fraction of sp³-hybridized carbons (Fsp3) is 0.417. The highest BCUT2D eigenvalue weighted by molar-refractivity contribution is 5.81.